The van der Waals surface area contributed by atoms with E-state index in [1.165, 1.54) is 38.0 Å². The smallest absolute Gasteiger partial charge is 0.199 e. The van der Waals surface area contributed by atoms with Crippen molar-refractivity contribution >= 4 is 5.78 Å². The standard InChI is InChI=1S/C12H9FN2O2/c1-17-10-4-2-3-9(11(10)13)12(16)8-5-14-7-15-6-8/h2-7H,1H3. The molecule has 5 heteroatoms. The summed E-state index contributed by atoms with van der Waals surface area (Å²) in [6, 6.07) is 4.40. The van der Waals surface area contributed by atoms with Crippen LogP contribution >= 0.6 is 0 Å². The first-order valence-corrected chi connectivity index (χ1v) is 4.86. The zero-order valence-corrected chi connectivity index (χ0v) is 9.05. The van der Waals surface area contributed by atoms with Gasteiger partial charge in [-0.05, 0) is 12.1 Å². The zero-order valence-electron chi connectivity index (χ0n) is 9.05. The normalized spacial score (nSPS) is 10.0. The van der Waals surface area contributed by atoms with E-state index in [-0.39, 0.29) is 16.9 Å². The van der Waals surface area contributed by atoms with E-state index in [9.17, 15) is 9.18 Å². The average Bonchev–Trinajstić information content (AvgIpc) is 2.39. The summed E-state index contributed by atoms with van der Waals surface area (Å²) in [5.74, 6) is -1.11. The molecule has 0 fully saturated rings. The summed E-state index contributed by atoms with van der Waals surface area (Å²) in [6.45, 7) is 0. The maximum atomic E-state index is 13.8. The van der Waals surface area contributed by atoms with Crippen LogP contribution in [0.2, 0.25) is 0 Å². The second-order valence-corrected chi connectivity index (χ2v) is 3.28. The van der Waals surface area contributed by atoms with Crippen molar-refractivity contribution in [1.82, 2.24) is 9.97 Å². The van der Waals surface area contributed by atoms with E-state index < -0.39 is 11.6 Å². The number of benzene rings is 1. The molecule has 1 aromatic heterocycles. The summed E-state index contributed by atoms with van der Waals surface area (Å²) in [6.07, 6.45) is 3.99. The van der Waals surface area contributed by atoms with Crippen molar-refractivity contribution < 1.29 is 13.9 Å². The maximum Gasteiger partial charge on any atom is 0.199 e. The Balaban J connectivity index is 2.45. The van der Waals surface area contributed by atoms with Crippen LogP contribution in [0, 0.1) is 5.82 Å². The lowest BCUT2D eigenvalue weighted by Crippen LogP contribution is -2.06. The minimum Gasteiger partial charge on any atom is -0.494 e. The Morgan fingerprint density at radius 2 is 2.00 bits per heavy atom. The minimum absolute atomic E-state index is 0.0349. The number of nitrogens with zero attached hydrogens (tertiary/aromatic N) is 2. The molecule has 1 heterocycles. The quantitative estimate of drug-likeness (QED) is 0.758. The van der Waals surface area contributed by atoms with E-state index in [1.54, 1.807) is 6.07 Å². The van der Waals surface area contributed by atoms with Crippen LogP contribution in [0.15, 0.2) is 36.9 Å². The third-order valence-corrected chi connectivity index (χ3v) is 2.25. The molecule has 0 aliphatic carbocycles. The van der Waals surface area contributed by atoms with Gasteiger partial charge in [0.15, 0.2) is 17.3 Å². The van der Waals surface area contributed by atoms with Crippen LogP contribution in [-0.4, -0.2) is 22.9 Å². The number of hydrogen-bond acceptors (Lipinski definition) is 4. The van der Waals surface area contributed by atoms with Crippen molar-refractivity contribution in [2.45, 2.75) is 0 Å². The minimum atomic E-state index is -0.677. The molecule has 0 bridgehead atoms. The van der Waals surface area contributed by atoms with Crippen LogP contribution in [0.4, 0.5) is 4.39 Å². The molecule has 86 valence electrons. The molecule has 0 aliphatic rings. The second kappa shape index (κ2) is 4.69. The van der Waals surface area contributed by atoms with Crippen LogP contribution in [0.25, 0.3) is 0 Å². The third kappa shape index (κ3) is 2.13. The highest BCUT2D eigenvalue weighted by Gasteiger charge is 2.17. The fourth-order valence-corrected chi connectivity index (χ4v) is 1.42. The molecular weight excluding hydrogens is 223 g/mol. The molecular formula is C12H9FN2O2. The van der Waals surface area contributed by atoms with Crippen LogP contribution in [-0.2, 0) is 0 Å². The first-order valence-electron chi connectivity index (χ1n) is 4.86. The Labute approximate surface area is 97.1 Å². The van der Waals surface area contributed by atoms with Gasteiger partial charge in [-0.25, -0.2) is 14.4 Å². The summed E-state index contributed by atoms with van der Waals surface area (Å²) in [5.41, 5.74) is 0.179. The summed E-state index contributed by atoms with van der Waals surface area (Å²) >= 11 is 0. The molecule has 0 saturated heterocycles. The Morgan fingerprint density at radius 1 is 1.29 bits per heavy atom. The number of halogens is 1. The molecule has 0 atom stereocenters. The van der Waals surface area contributed by atoms with Gasteiger partial charge in [0.1, 0.15) is 6.33 Å². The van der Waals surface area contributed by atoms with Gasteiger partial charge in [-0.3, -0.25) is 4.79 Å². The van der Waals surface area contributed by atoms with E-state index in [0.717, 1.165) is 0 Å². The van der Waals surface area contributed by atoms with E-state index in [0.29, 0.717) is 0 Å². The number of rotatable bonds is 3. The topological polar surface area (TPSA) is 52.1 Å². The van der Waals surface area contributed by atoms with Gasteiger partial charge in [-0.2, -0.15) is 0 Å². The molecule has 0 N–H and O–H groups in total. The summed E-state index contributed by atoms with van der Waals surface area (Å²) < 4.78 is 18.6. The number of ether oxygens (including phenoxy) is 1. The number of ketones is 1. The highest BCUT2D eigenvalue weighted by Crippen LogP contribution is 2.21. The molecule has 0 unspecified atom stereocenters. The van der Waals surface area contributed by atoms with Crippen molar-refractivity contribution in [3.63, 3.8) is 0 Å². The van der Waals surface area contributed by atoms with Gasteiger partial charge in [0.25, 0.3) is 0 Å². The second-order valence-electron chi connectivity index (χ2n) is 3.28. The molecule has 17 heavy (non-hydrogen) atoms. The SMILES string of the molecule is COc1cccc(C(=O)c2cncnc2)c1F. The molecule has 0 spiro atoms. The van der Waals surface area contributed by atoms with Gasteiger partial charge in [0.05, 0.1) is 18.2 Å². The number of carbonyl (C=O) groups excluding carboxylic acids is 1. The fourth-order valence-electron chi connectivity index (χ4n) is 1.42. The average molecular weight is 232 g/mol. The summed E-state index contributed by atoms with van der Waals surface area (Å²) in [4.78, 5) is 19.4. The Hall–Kier alpha value is -2.30. The van der Waals surface area contributed by atoms with Gasteiger partial charge in [0, 0.05) is 12.4 Å². The van der Waals surface area contributed by atoms with Gasteiger partial charge in [0.2, 0.25) is 0 Å². The van der Waals surface area contributed by atoms with Gasteiger partial charge < -0.3 is 4.74 Å². The van der Waals surface area contributed by atoms with E-state index in [2.05, 4.69) is 9.97 Å². The van der Waals surface area contributed by atoms with E-state index >= 15 is 0 Å². The summed E-state index contributed by atoms with van der Waals surface area (Å²) in [5, 5.41) is 0. The highest BCUT2D eigenvalue weighted by molar-refractivity contribution is 6.09. The molecule has 4 nitrogen and oxygen atoms in total. The Bertz CT molecular complexity index is 543. The van der Waals surface area contributed by atoms with Crippen molar-refractivity contribution in [1.29, 1.82) is 0 Å². The molecule has 0 radical (unpaired) electrons. The zero-order chi connectivity index (χ0) is 12.3. The van der Waals surface area contributed by atoms with Gasteiger partial charge >= 0.3 is 0 Å². The first kappa shape index (κ1) is 11.2. The lowest BCUT2D eigenvalue weighted by Gasteiger charge is -2.05. The van der Waals surface area contributed by atoms with Crippen molar-refractivity contribution in [2.24, 2.45) is 0 Å². The third-order valence-electron chi connectivity index (χ3n) is 2.25. The maximum absolute atomic E-state index is 13.8. The van der Waals surface area contributed by atoms with Crippen molar-refractivity contribution in [3.8, 4) is 5.75 Å². The Kier molecular flexibility index (Phi) is 3.09. The van der Waals surface area contributed by atoms with Crippen LogP contribution in [0.1, 0.15) is 15.9 Å². The molecule has 0 saturated carbocycles. The monoisotopic (exact) mass is 232 g/mol. The largest absolute Gasteiger partial charge is 0.494 e. The molecule has 0 amide bonds. The highest BCUT2D eigenvalue weighted by atomic mass is 19.1. The van der Waals surface area contributed by atoms with Gasteiger partial charge in [-0.1, -0.05) is 6.07 Å². The number of methoxy groups -OCH3 is 1. The molecule has 2 rings (SSSR count). The van der Waals surface area contributed by atoms with E-state index in [4.69, 9.17) is 4.74 Å². The lowest BCUT2D eigenvalue weighted by molar-refractivity contribution is 0.103. The number of hydrogen-bond donors (Lipinski definition) is 0. The number of carbonyl (C=O) groups is 1. The fraction of sp³-hybridized carbons (Fsp3) is 0.0833. The van der Waals surface area contributed by atoms with Crippen LogP contribution in [0.5, 0.6) is 5.75 Å². The van der Waals surface area contributed by atoms with Crippen molar-refractivity contribution in [3.05, 3.63) is 53.9 Å². The molecule has 0 aliphatic heterocycles. The van der Waals surface area contributed by atoms with Crippen LogP contribution < -0.4 is 4.74 Å². The first-order chi connectivity index (χ1) is 8.24. The van der Waals surface area contributed by atoms with Gasteiger partial charge in [-0.15, -0.1) is 0 Å². The molecule has 2 aromatic rings. The summed E-state index contributed by atoms with van der Waals surface area (Å²) in [7, 11) is 1.35. The predicted molar refractivity (Wildman–Crippen MR) is 58.4 cm³/mol. The predicted octanol–water partition coefficient (Wildman–Crippen LogP) is 1.86. The number of aromatic nitrogens is 2. The van der Waals surface area contributed by atoms with E-state index in [1.807, 2.05) is 0 Å². The van der Waals surface area contributed by atoms with Crippen molar-refractivity contribution in [2.75, 3.05) is 7.11 Å². The Morgan fingerprint density at radius 3 is 2.65 bits per heavy atom. The molecule has 1 aromatic carbocycles. The lowest BCUT2D eigenvalue weighted by atomic mass is 10.1. The van der Waals surface area contributed by atoms with Crippen LogP contribution in [0.3, 0.4) is 0 Å².